The number of hydrogen-bond donors (Lipinski definition) is 1. The van der Waals surface area contributed by atoms with Gasteiger partial charge in [-0.3, -0.25) is 0 Å². The van der Waals surface area contributed by atoms with Gasteiger partial charge in [-0.25, -0.2) is 0 Å². The number of anilines is 1. The van der Waals surface area contributed by atoms with E-state index in [0.717, 1.165) is 10.2 Å². The molecule has 1 aromatic carbocycles. The number of nitrogens with one attached hydrogen (secondary N) is 2. The summed E-state index contributed by atoms with van der Waals surface area (Å²) in [4.78, 5) is 0. The third-order valence-corrected chi connectivity index (χ3v) is 1.52. The van der Waals surface area contributed by atoms with E-state index in [1.165, 1.54) is 0 Å². The highest BCUT2D eigenvalue weighted by molar-refractivity contribution is 9.10. The van der Waals surface area contributed by atoms with Gasteiger partial charge in [0.2, 0.25) is 0 Å². The Bertz CT molecular complexity index is 183. The van der Waals surface area contributed by atoms with Crippen LogP contribution in [-0.2, 0) is 0 Å². The standard InChI is InChI=1S/C6H6BrN2/c7-5-1-3-6(9-8)4-2-5/h1-4,8-9H. The summed E-state index contributed by atoms with van der Waals surface area (Å²) in [5.41, 5.74) is 3.09. The van der Waals surface area contributed by atoms with E-state index >= 15 is 0 Å². The fourth-order valence-corrected chi connectivity index (χ4v) is 0.798. The lowest BCUT2D eigenvalue weighted by atomic mass is 10.3. The van der Waals surface area contributed by atoms with Crippen LogP contribution in [0.25, 0.3) is 0 Å². The van der Waals surface area contributed by atoms with Crippen LogP contribution in [0, 0.1) is 0 Å². The predicted octanol–water partition coefficient (Wildman–Crippen LogP) is 2.06. The van der Waals surface area contributed by atoms with Crippen LogP contribution in [0.2, 0.25) is 0 Å². The van der Waals surface area contributed by atoms with Crippen LogP contribution in [0.3, 0.4) is 0 Å². The fraction of sp³-hybridized carbons (Fsp3) is 0. The summed E-state index contributed by atoms with van der Waals surface area (Å²) in [6, 6.07) is 7.43. The zero-order valence-electron chi connectivity index (χ0n) is 4.69. The molecule has 2 nitrogen and oxygen atoms in total. The molecule has 0 unspecified atom stereocenters. The molecule has 0 heterocycles. The second-order valence-electron chi connectivity index (χ2n) is 1.63. The molecule has 0 aliphatic heterocycles. The Morgan fingerprint density at radius 1 is 1.22 bits per heavy atom. The first-order valence-corrected chi connectivity index (χ1v) is 3.30. The first kappa shape index (κ1) is 6.58. The molecule has 0 aliphatic carbocycles. The highest BCUT2D eigenvalue weighted by Crippen LogP contribution is 2.12. The van der Waals surface area contributed by atoms with Crippen LogP contribution in [-0.4, -0.2) is 0 Å². The fourth-order valence-electron chi connectivity index (χ4n) is 0.533. The van der Waals surface area contributed by atoms with E-state index in [0.29, 0.717) is 0 Å². The lowest BCUT2D eigenvalue weighted by molar-refractivity contribution is 1.29. The highest BCUT2D eigenvalue weighted by atomic mass is 79.9. The van der Waals surface area contributed by atoms with Gasteiger partial charge in [0.15, 0.2) is 0 Å². The second-order valence-corrected chi connectivity index (χ2v) is 2.55. The molecule has 9 heavy (non-hydrogen) atoms. The zero-order chi connectivity index (χ0) is 6.69. The summed E-state index contributed by atoms with van der Waals surface area (Å²) in [6.45, 7) is 0. The molecule has 0 bridgehead atoms. The number of hydrogen-bond acceptors (Lipinski definition) is 1. The van der Waals surface area contributed by atoms with Crippen LogP contribution in [0.15, 0.2) is 28.7 Å². The summed E-state index contributed by atoms with van der Waals surface area (Å²) in [6.07, 6.45) is 0. The summed E-state index contributed by atoms with van der Waals surface area (Å²) in [7, 11) is 0. The Kier molecular flexibility index (Phi) is 2.08. The van der Waals surface area contributed by atoms with Gasteiger partial charge in [0, 0.05) is 4.47 Å². The molecule has 2 N–H and O–H groups in total. The van der Waals surface area contributed by atoms with Gasteiger partial charge >= 0.3 is 0 Å². The van der Waals surface area contributed by atoms with Crippen molar-refractivity contribution in [2.75, 3.05) is 5.43 Å². The molecule has 0 saturated heterocycles. The second kappa shape index (κ2) is 2.85. The van der Waals surface area contributed by atoms with Crippen molar-refractivity contribution in [2.24, 2.45) is 0 Å². The molecule has 0 aliphatic rings. The number of halogens is 1. The van der Waals surface area contributed by atoms with E-state index in [1.54, 1.807) is 0 Å². The maximum atomic E-state index is 6.75. The lowest BCUT2D eigenvalue weighted by Gasteiger charge is -1.95. The van der Waals surface area contributed by atoms with Crippen LogP contribution in [0.4, 0.5) is 5.69 Å². The highest BCUT2D eigenvalue weighted by Gasteiger charge is 1.85. The minimum atomic E-state index is 0.804. The minimum absolute atomic E-state index is 0.804. The van der Waals surface area contributed by atoms with Crippen molar-refractivity contribution in [3.8, 4) is 0 Å². The molecular weight excluding hydrogens is 180 g/mol. The Hall–Kier alpha value is -0.540. The molecule has 0 saturated carbocycles. The molecule has 1 rings (SSSR count). The van der Waals surface area contributed by atoms with Gasteiger partial charge in [-0.15, -0.1) is 0 Å². The van der Waals surface area contributed by atoms with Crippen molar-refractivity contribution in [2.45, 2.75) is 0 Å². The van der Waals surface area contributed by atoms with Gasteiger partial charge in [0.1, 0.15) is 0 Å². The van der Waals surface area contributed by atoms with E-state index in [9.17, 15) is 0 Å². The van der Waals surface area contributed by atoms with E-state index < -0.39 is 0 Å². The molecule has 1 aromatic rings. The zero-order valence-corrected chi connectivity index (χ0v) is 6.27. The van der Waals surface area contributed by atoms with Gasteiger partial charge < -0.3 is 5.43 Å². The average Bonchev–Trinajstić information content (AvgIpc) is 1.90. The topological polar surface area (TPSA) is 35.8 Å². The van der Waals surface area contributed by atoms with E-state index in [1.807, 2.05) is 24.3 Å². The van der Waals surface area contributed by atoms with Crippen molar-refractivity contribution in [3.63, 3.8) is 0 Å². The van der Waals surface area contributed by atoms with Crippen molar-refractivity contribution >= 4 is 21.6 Å². The Morgan fingerprint density at radius 3 is 2.22 bits per heavy atom. The molecule has 47 valence electrons. The number of rotatable bonds is 1. The Morgan fingerprint density at radius 2 is 1.78 bits per heavy atom. The Balaban J connectivity index is 2.88. The molecule has 1 radical (unpaired) electrons. The molecule has 0 aromatic heterocycles. The average molecular weight is 186 g/mol. The SMILES string of the molecule is [NH]Nc1ccc(Br)cc1. The Labute approximate surface area is 62.2 Å². The van der Waals surface area contributed by atoms with Crippen molar-refractivity contribution in [3.05, 3.63) is 28.7 Å². The molecule has 0 amide bonds. The summed E-state index contributed by atoms with van der Waals surface area (Å²) < 4.78 is 1.03. The third kappa shape index (κ3) is 1.69. The quantitative estimate of drug-likeness (QED) is 0.669. The number of benzene rings is 1. The van der Waals surface area contributed by atoms with E-state index in [-0.39, 0.29) is 0 Å². The van der Waals surface area contributed by atoms with Crippen LogP contribution in [0.5, 0.6) is 0 Å². The predicted molar refractivity (Wildman–Crippen MR) is 40.9 cm³/mol. The lowest BCUT2D eigenvalue weighted by Crippen LogP contribution is -1.90. The van der Waals surface area contributed by atoms with Crippen LogP contribution >= 0.6 is 15.9 Å². The smallest absolute Gasteiger partial charge is 0.0502 e. The van der Waals surface area contributed by atoms with Crippen LogP contribution in [0.1, 0.15) is 0 Å². The normalized spacial score (nSPS) is 9.11. The monoisotopic (exact) mass is 185 g/mol. The van der Waals surface area contributed by atoms with Crippen molar-refractivity contribution < 1.29 is 0 Å². The largest absolute Gasteiger partial charge is 0.307 e. The van der Waals surface area contributed by atoms with E-state index in [2.05, 4.69) is 21.4 Å². The van der Waals surface area contributed by atoms with Crippen molar-refractivity contribution in [1.82, 2.24) is 5.84 Å². The van der Waals surface area contributed by atoms with Crippen LogP contribution < -0.4 is 11.3 Å². The van der Waals surface area contributed by atoms with Gasteiger partial charge in [-0.1, -0.05) is 15.9 Å². The maximum Gasteiger partial charge on any atom is 0.0502 e. The van der Waals surface area contributed by atoms with Gasteiger partial charge in [0.25, 0.3) is 0 Å². The first-order chi connectivity index (χ1) is 4.33. The molecule has 0 atom stereocenters. The molecule has 0 fully saturated rings. The van der Waals surface area contributed by atoms with Gasteiger partial charge in [-0.2, -0.15) is 5.84 Å². The van der Waals surface area contributed by atoms with Gasteiger partial charge in [-0.05, 0) is 24.3 Å². The summed E-state index contributed by atoms with van der Waals surface area (Å²) >= 11 is 3.29. The summed E-state index contributed by atoms with van der Waals surface area (Å²) in [5, 5.41) is 0. The van der Waals surface area contributed by atoms with E-state index in [4.69, 9.17) is 5.84 Å². The molecule has 3 heteroatoms. The summed E-state index contributed by atoms with van der Waals surface area (Å²) in [5.74, 6) is 6.75. The van der Waals surface area contributed by atoms with Gasteiger partial charge in [0.05, 0.1) is 5.69 Å². The third-order valence-electron chi connectivity index (χ3n) is 0.989. The van der Waals surface area contributed by atoms with Crippen molar-refractivity contribution in [1.29, 1.82) is 0 Å². The minimum Gasteiger partial charge on any atom is -0.307 e. The first-order valence-electron chi connectivity index (χ1n) is 2.51. The molecule has 0 spiro atoms. The molecular formula is C6H6BrN2. The maximum absolute atomic E-state index is 6.75.